The zero-order chi connectivity index (χ0) is 24.4. The molecular weight excluding hydrogens is 475 g/mol. The van der Waals surface area contributed by atoms with Crippen molar-refractivity contribution in [2.45, 2.75) is 25.9 Å². The van der Waals surface area contributed by atoms with Gasteiger partial charge >= 0.3 is 6.18 Å². The molecule has 4 heterocycles. The maximum atomic E-state index is 12.9. The van der Waals surface area contributed by atoms with Crippen LogP contribution < -0.4 is 5.32 Å². The maximum absolute atomic E-state index is 12.9. The van der Waals surface area contributed by atoms with Crippen molar-refractivity contribution in [2.24, 2.45) is 0 Å². The van der Waals surface area contributed by atoms with E-state index in [-0.39, 0.29) is 5.69 Å². The number of aromatic nitrogens is 4. The van der Waals surface area contributed by atoms with Crippen LogP contribution in [0.1, 0.15) is 22.6 Å². The fourth-order valence-corrected chi connectivity index (χ4v) is 4.56. The summed E-state index contributed by atoms with van der Waals surface area (Å²) in [6.07, 6.45) is 2.41. The molecule has 0 unspecified atom stereocenters. The summed E-state index contributed by atoms with van der Waals surface area (Å²) in [5.41, 5.74) is 1.69. The number of anilines is 1. The SMILES string of the molecule is Cc1cc2c(NCCCc3ccc(-c4cncc(C(F)(F)F)n4)cc3)nc(-c3ccoc3)nc2s1. The van der Waals surface area contributed by atoms with E-state index in [1.54, 1.807) is 36.0 Å². The third-order valence-electron chi connectivity index (χ3n) is 5.40. The number of aryl methyl sites for hydroxylation is 2. The number of halogens is 3. The van der Waals surface area contributed by atoms with E-state index in [1.807, 2.05) is 25.1 Å². The summed E-state index contributed by atoms with van der Waals surface area (Å²) in [6.45, 7) is 2.74. The summed E-state index contributed by atoms with van der Waals surface area (Å²) < 4.78 is 43.9. The molecule has 10 heteroatoms. The van der Waals surface area contributed by atoms with Gasteiger partial charge in [0.05, 0.1) is 35.3 Å². The van der Waals surface area contributed by atoms with Crippen LogP contribution in [0.15, 0.2) is 65.7 Å². The van der Waals surface area contributed by atoms with E-state index in [4.69, 9.17) is 9.40 Å². The van der Waals surface area contributed by atoms with E-state index in [2.05, 4.69) is 26.3 Å². The lowest BCUT2D eigenvalue weighted by Gasteiger charge is -2.09. The van der Waals surface area contributed by atoms with Gasteiger partial charge in [-0.1, -0.05) is 24.3 Å². The zero-order valence-corrected chi connectivity index (χ0v) is 19.5. The standard InChI is InChI=1S/C25H20F3N5OS/c1-15-11-19-23(32-22(33-24(19)35-15)18-8-10-34-14-18)30-9-2-3-16-4-6-17(7-5-16)20-12-29-13-21(31-20)25(26,27)28/h4-8,10-14H,2-3,9H2,1H3,(H,30,32,33). The molecule has 1 N–H and O–H groups in total. The molecule has 5 rings (SSSR count). The first-order valence-electron chi connectivity index (χ1n) is 10.9. The van der Waals surface area contributed by atoms with Gasteiger partial charge in [0.1, 0.15) is 16.9 Å². The van der Waals surface area contributed by atoms with Crippen LogP contribution >= 0.6 is 11.3 Å². The van der Waals surface area contributed by atoms with Gasteiger partial charge in [-0.3, -0.25) is 4.98 Å². The van der Waals surface area contributed by atoms with Crippen LogP contribution in [0.5, 0.6) is 0 Å². The summed E-state index contributed by atoms with van der Waals surface area (Å²) in [6, 6.07) is 11.3. The molecule has 1 aromatic carbocycles. The summed E-state index contributed by atoms with van der Waals surface area (Å²) in [5, 5.41) is 4.42. The highest BCUT2D eigenvalue weighted by Crippen LogP contribution is 2.31. The van der Waals surface area contributed by atoms with Crippen LogP contribution in [0.25, 0.3) is 32.9 Å². The van der Waals surface area contributed by atoms with E-state index >= 15 is 0 Å². The summed E-state index contributed by atoms with van der Waals surface area (Å²) in [4.78, 5) is 18.8. The van der Waals surface area contributed by atoms with E-state index in [1.165, 1.54) is 6.20 Å². The van der Waals surface area contributed by atoms with Crippen LogP contribution in [0.2, 0.25) is 0 Å². The largest absolute Gasteiger partial charge is 0.472 e. The molecular formula is C25H20F3N5OS. The molecule has 0 fully saturated rings. The predicted octanol–water partition coefficient (Wildman–Crippen LogP) is 6.78. The Bertz CT molecular complexity index is 1450. The number of nitrogens with zero attached hydrogens (tertiary/aromatic N) is 4. The first-order chi connectivity index (χ1) is 16.9. The number of rotatable bonds is 7. The van der Waals surface area contributed by atoms with Gasteiger partial charge in [0.25, 0.3) is 0 Å². The first kappa shape index (κ1) is 23.0. The molecule has 0 aliphatic carbocycles. The molecule has 5 aromatic rings. The monoisotopic (exact) mass is 495 g/mol. The van der Waals surface area contributed by atoms with Crippen LogP contribution in [0.4, 0.5) is 19.0 Å². The Morgan fingerprint density at radius 3 is 2.57 bits per heavy atom. The van der Waals surface area contributed by atoms with Crippen LogP contribution in [0, 0.1) is 6.92 Å². The lowest BCUT2D eigenvalue weighted by molar-refractivity contribution is -0.141. The second kappa shape index (κ2) is 9.46. The molecule has 6 nitrogen and oxygen atoms in total. The van der Waals surface area contributed by atoms with E-state index in [0.717, 1.165) is 51.1 Å². The molecule has 0 atom stereocenters. The predicted molar refractivity (Wildman–Crippen MR) is 129 cm³/mol. The van der Waals surface area contributed by atoms with Crippen molar-refractivity contribution in [1.29, 1.82) is 0 Å². The minimum Gasteiger partial charge on any atom is -0.472 e. The number of thiophene rings is 1. The molecule has 0 saturated carbocycles. The number of benzene rings is 1. The average Bonchev–Trinajstić information content (AvgIpc) is 3.51. The van der Waals surface area contributed by atoms with Crippen molar-refractivity contribution in [1.82, 2.24) is 19.9 Å². The smallest absolute Gasteiger partial charge is 0.434 e. The van der Waals surface area contributed by atoms with Crippen LogP contribution in [0.3, 0.4) is 0 Å². The molecule has 0 bridgehead atoms. The van der Waals surface area contributed by atoms with Gasteiger partial charge < -0.3 is 9.73 Å². The highest BCUT2D eigenvalue weighted by atomic mass is 32.1. The van der Waals surface area contributed by atoms with Crippen LogP contribution in [-0.2, 0) is 12.6 Å². The minimum atomic E-state index is -4.52. The summed E-state index contributed by atoms with van der Waals surface area (Å²) in [7, 11) is 0. The van der Waals surface area contributed by atoms with E-state index in [0.29, 0.717) is 17.9 Å². The van der Waals surface area contributed by atoms with Crippen molar-refractivity contribution in [3.05, 3.63) is 77.5 Å². The van der Waals surface area contributed by atoms with Crippen LogP contribution in [-0.4, -0.2) is 26.5 Å². The Kier molecular flexibility index (Phi) is 6.21. The molecule has 0 aliphatic heterocycles. The fourth-order valence-electron chi connectivity index (χ4n) is 3.68. The van der Waals surface area contributed by atoms with Gasteiger partial charge in [0, 0.05) is 17.0 Å². The molecule has 0 radical (unpaired) electrons. The third kappa shape index (κ3) is 5.17. The average molecular weight is 496 g/mol. The lowest BCUT2D eigenvalue weighted by Crippen LogP contribution is -2.09. The molecule has 178 valence electrons. The number of furan rings is 1. The Morgan fingerprint density at radius 2 is 1.83 bits per heavy atom. The quantitative estimate of drug-likeness (QED) is 0.251. The van der Waals surface area contributed by atoms with Gasteiger partial charge in [-0.2, -0.15) is 13.2 Å². The second-order valence-electron chi connectivity index (χ2n) is 8.00. The van der Waals surface area contributed by atoms with Crippen molar-refractivity contribution in [3.63, 3.8) is 0 Å². The fraction of sp³-hybridized carbons (Fsp3) is 0.200. The molecule has 0 aliphatic rings. The number of hydrogen-bond acceptors (Lipinski definition) is 7. The topological polar surface area (TPSA) is 76.7 Å². The van der Waals surface area contributed by atoms with Gasteiger partial charge in [-0.25, -0.2) is 15.0 Å². The molecule has 0 spiro atoms. The van der Waals surface area contributed by atoms with Gasteiger partial charge in [-0.05, 0) is 37.5 Å². The molecule has 35 heavy (non-hydrogen) atoms. The zero-order valence-electron chi connectivity index (χ0n) is 18.6. The first-order valence-corrected chi connectivity index (χ1v) is 11.7. The third-order valence-corrected chi connectivity index (χ3v) is 6.35. The Morgan fingerprint density at radius 1 is 1.00 bits per heavy atom. The second-order valence-corrected chi connectivity index (χ2v) is 9.23. The number of nitrogens with one attached hydrogen (secondary N) is 1. The Hall–Kier alpha value is -3.79. The maximum Gasteiger partial charge on any atom is 0.434 e. The number of alkyl halides is 3. The van der Waals surface area contributed by atoms with Crippen molar-refractivity contribution >= 4 is 27.4 Å². The van der Waals surface area contributed by atoms with Gasteiger partial charge in [0.2, 0.25) is 0 Å². The highest BCUT2D eigenvalue weighted by molar-refractivity contribution is 7.18. The van der Waals surface area contributed by atoms with E-state index < -0.39 is 11.9 Å². The normalized spacial score (nSPS) is 11.8. The van der Waals surface area contributed by atoms with E-state index in [9.17, 15) is 13.2 Å². The van der Waals surface area contributed by atoms with Crippen molar-refractivity contribution in [3.8, 4) is 22.6 Å². The van der Waals surface area contributed by atoms with Gasteiger partial charge in [-0.15, -0.1) is 11.3 Å². The number of hydrogen-bond donors (Lipinski definition) is 1. The van der Waals surface area contributed by atoms with Gasteiger partial charge in [0.15, 0.2) is 11.5 Å². The molecule has 0 amide bonds. The van der Waals surface area contributed by atoms with Crippen molar-refractivity contribution < 1.29 is 17.6 Å². The lowest BCUT2D eigenvalue weighted by atomic mass is 10.1. The summed E-state index contributed by atoms with van der Waals surface area (Å²) in [5.74, 6) is 1.40. The molecule has 0 saturated heterocycles. The summed E-state index contributed by atoms with van der Waals surface area (Å²) >= 11 is 1.62. The Balaban J connectivity index is 1.24. The number of fused-ring (bicyclic) bond motifs is 1. The Labute approximate surface area is 202 Å². The van der Waals surface area contributed by atoms with Crippen molar-refractivity contribution in [2.75, 3.05) is 11.9 Å². The molecule has 4 aromatic heterocycles. The minimum absolute atomic E-state index is 0.195. The highest BCUT2D eigenvalue weighted by Gasteiger charge is 2.33.